The highest BCUT2D eigenvalue weighted by atomic mass is 19.4. The molecular formula is C26H25F5N4O2. The van der Waals surface area contributed by atoms with Crippen LogP contribution in [0.1, 0.15) is 41.9 Å². The van der Waals surface area contributed by atoms with E-state index in [1.54, 1.807) is 26.0 Å². The molecule has 0 fully saturated rings. The van der Waals surface area contributed by atoms with Gasteiger partial charge in [-0.2, -0.15) is 13.2 Å². The van der Waals surface area contributed by atoms with Crippen LogP contribution < -0.4 is 4.90 Å². The number of allylic oxidation sites excluding steroid dienone is 3. The molecule has 0 bridgehead atoms. The maximum atomic E-state index is 13.0. The molecule has 1 aliphatic heterocycles. The van der Waals surface area contributed by atoms with Crippen molar-refractivity contribution in [2.45, 2.75) is 32.4 Å². The molecule has 1 atom stereocenters. The third-order valence-corrected chi connectivity index (χ3v) is 5.37. The van der Waals surface area contributed by atoms with Crippen molar-refractivity contribution in [3.8, 4) is 0 Å². The number of hydrogen-bond acceptors (Lipinski definition) is 4. The number of hydrogen-bond donors (Lipinski definition) is 1. The van der Waals surface area contributed by atoms with Crippen LogP contribution >= 0.6 is 0 Å². The van der Waals surface area contributed by atoms with Crippen LogP contribution in [-0.4, -0.2) is 34.6 Å². The predicted octanol–water partition coefficient (Wildman–Crippen LogP) is 6.63. The third kappa shape index (κ3) is 6.29. The monoisotopic (exact) mass is 520 g/mol. The second-order valence-corrected chi connectivity index (χ2v) is 8.38. The van der Waals surface area contributed by atoms with E-state index >= 15 is 0 Å². The quantitative estimate of drug-likeness (QED) is 0.293. The van der Waals surface area contributed by atoms with E-state index in [-0.39, 0.29) is 29.2 Å². The van der Waals surface area contributed by atoms with Gasteiger partial charge in [-0.3, -0.25) is 14.7 Å². The van der Waals surface area contributed by atoms with Gasteiger partial charge in [0.2, 0.25) is 5.91 Å². The van der Waals surface area contributed by atoms with E-state index in [2.05, 4.69) is 28.1 Å². The zero-order chi connectivity index (χ0) is 27.5. The molecule has 4 rings (SSSR count). The summed E-state index contributed by atoms with van der Waals surface area (Å²) >= 11 is 0. The number of carbonyl (C=O) groups is 1. The number of benzene rings is 1. The van der Waals surface area contributed by atoms with Crippen LogP contribution in [0.5, 0.6) is 0 Å². The second kappa shape index (κ2) is 11.0. The van der Waals surface area contributed by atoms with Crippen molar-refractivity contribution in [1.29, 1.82) is 0 Å². The molecule has 0 spiro atoms. The first-order chi connectivity index (χ1) is 17.3. The van der Waals surface area contributed by atoms with Crippen molar-refractivity contribution in [3.63, 3.8) is 0 Å². The number of aromatic amines is 1. The van der Waals surface area contributed by atoms with Crippen LogP contribution in [0.3, 0.4) is 0 Å². The third-order valence-electron chi connectivity index (χ3n) is 5.37. The average Bonchev–Trinajstić information content (AvgIpc) is 3.32. The summed E-state index contributed by atoms with van der Waals surface area (Å²) in [7, 11) is 1.41. The Morgan fingerprint density at radius 2 is 1.95 bits per heavy atom. The SMILES string of the molecule is C=C(C)/C=C\C(=C)N1C(=O)C(COC)c2ncc(C(F)(F)F)cc21.Cc1nc2ccc(C(F)F)cc2[nH]1. The average molecular weight is 521 g/mol. The number of alkyl halides is 5. The lowest BCUT2D eigenvalue weighted by Crippen LogP contribution is -2.28. The Kier molecular flexibility index (Phi) is 8.27. The van der Waals surface area contributed by atoms with Gasteiger partial charge in [0.05, 0.1) is 34.6 Å². The number of aryl methyl sites for hydroxylation is 1. The lowest BCUT2D eigenvalue weighted by atomic mass is 10.1. The topological polar surface area (TPSA) is 71.1 Å². The Morgan fingerprint density at radius 3 is 2.54 bits per heavy atom. The molecule has 11 heteroatoms. The molecule has 1 aliphatic rings. The molecule has 37 heavy (non-hydrogen) atoms. The van der Waals surface area contributed by atoms with Crippen molar-refractivity contribution in [2.75, 3.05) is 18.6 Å². The van der Waals surface area contributed by atoms with Crippen molar-refractivity contribution < 1.29 is 31.5 Å². The molecule has 0 radical (unpaired) electrons. The number of imidazole rings is 1. The number of carbonyl (C=O) groups excluding carboxylic acids is 1. The second-order valence-electron chi connectivity index (χ2n) is 8.38. The summed E-state index contributed by atoms with van der Waals surface area (Å²) in [6.45, 7) is 11.0. The van der Waals surface area contributed by atoms with Crippen molar-refractivity contribution >= 4 is 22.6 Å². The lowest BCUT2D eigenvalue weighted by molar-refractivity contribution is -0.137. The number of nitrogens with zero attached hydrogens (tertiary/aromatic N) is 3. The van der Waals surface area contributed by atoms with Crippen LogP contribution in [0.25, 0.3) is 11.0 Å². The number of H-pyrrole nitrogens is 1. The molecular weight excluding hydrogens is 495 g/mol. The number of nitrogens with one attached hydrogen (secondary N) is 1. The zero-order valence-corrected chi connectivity index (χ0v) is 20.4. The minimum absolute atomic E-state index is 0.0242. The fourth-order valence-corrected chi connectivity index (χ4v) is 3.67. The molecule has 3 heterocycles. The van der Waals surface area contributed by atoms with Crippen LogP contribution in [0, 0.1) is 6.92 Å². The van der Waals surface area contributed by atoms with E-state index in [4.69, 9.17) is 4.74 Å². The largest absolute Gasteiger partial charge is 0.417 e. The van der Waals surface area contributed by atoms with Gasteiger partial charge in [-0.25, -0.2) is 13.8 Å². The minimum atomic E-state index is -4.55. The normalized spacial score (nSPS) is 15.3. The van der Waals surface area contributed by atoms with Crippen molar-refractivity contribution in [3.05, 3.63) is 89.7 Å². The summed E-state index contributed by atoms with van der Waals surface area (Å²) in [5.74, 6) is -0.446. The molecule has 1 amide bonds. The summed E-state index contributed by atoms with van der Waals surface area (Å²) in [6.07, 6.45) is -3.09. The highest BCUT2D eigenvalue weighted by molar-refractivity contribution is 6.07. The first-order valence-corrected chi connectivity index (χ1v) is 11.0. The molecule has 1 unspecified atom stereocenters. The van der Waals surface area contributed by atoms with Crippen molar-refractivity contribution in [1.82, 2.24) is 15.0 Å². The van der Waals surface area contributed by atoms with Crippen LogP contribution in [0.2, 0.25) is 0 Å². The zero-order valence-electron chi connectivity index (χ0n) is 20.4. The summed E-state index contributed by atoms with van der Waals surface area (Å²) in [6, 6.07) is 5.34. The number of fused-ring (bicyclic) bond motifs is 2. The van der Waals surface area contributed by atoms with E-state index in [0.29, 0.717) is 5.52 Å². The number of pyridine rings is 1. The van der Waals surface area contributed by atoms with Gasteiger partial charge in [0.25, 0.3) is 6.43 Å². The maximum absolute atomic E-state index is 13.0. The molecule has 1 N–H and O–H groups in total. The summed E-state index contributed by atoms with van der Waals surface area (Å²) in [5.41, 5.74) is 1.78. The number of ether oxygens (including phenoxy) is 1. The summed E-state index contributed by atoms with van der Waals surface area (Å²) in [5, 5.41) is 0. The number of anilines is 1. The fourth-order valence-electron chi connectivity index (χ4n) is 3.67. The van der Waals surface area contributed by atoms with E-state index in [1.807, 2.05) is 0 Å². The highest BCUT2D eigenvalue weighted by Crippen LogP contribution is 2.41. The van der Waals surface area contributed by atoms with Crippen LogP contribution in [-0.2, 0) is 15.7 Å². The first-order valence-electron chi connectivity index (χ1n) is 11.0. The minimum Gasteiger partial charge on any atom is -0.383 e. The Balaban J connectivity index is 0.000000244. The predicted molar refractivity (Wildman–Crippen MR) is 130 cm³/mol. The van der Waals surface area contributed by atoms with Gasteiger partial charge in [-0.15, -0.1) is 0 Å². The number of aromatic nitrogens is 3. The molecule has 196 valence electrons. The molecule has 0 saturated carbocycles. The van der Waals surface area contributed by atoms with Gasteiger partial charge >= 0.3 is 6.18 Å². The van der Waals surface area contributed by atoms with Gasteiger partial charge in [0.15, 0.2) is 0 Å². The molecule has 6 nitrogen and oxygen atoms in total. The number of halogens is 5. The van der Waals surface area contributed by atoms with E-state index in [0.717, 1.165) is 34.1 Å². The standard InChI is InChI=1S/C17H17F3N2O2.C9H8F2N2/c1-10(2)5-6-11(3)22-14-7-12(17(18,19)20)8-21-15(14)13(9-24-4)16(22)23;1-5-12-7-3-2-6(9(10)11)4-8(7)13-5/h5-8,13H,1,3,9H2,2,4H3;2-4,9H,1H3,(H,12,13)/b6-5-;. The molecule has 0 aliphatic carbocycles. The smallest absolute Gasteiger partial charge is 0.383 e. The highest BCUT2D eigenvalue weighted by Gasteiger charge is 2.42. The van der Waals surface area contributed by atoms with Gasteiger partial charge in [-0.1, -0.05) is 30.9 Å². The Labute approximate surface area is 210 Å². The Bertz CT molecular complexity index is 1360. The lowest BCUT2D eigenvalue weighted by Gasteiger charge is -2.18. The molecule has 2 aromatic heterocycles. The van der Waals surface area contributed by atoms with Crippen LogP contribution in [0.15, 0.2) is 67.0 Å². The number of rotatable bonds is 6. The Morgan fingerprint density at radius 1 is 1.24 bits per heavy atom. The summed E-state index contributed by atoms with van der Waals surface area (Å²) < 4.78 is 68.4. The fraction of sp³-hybridized carbons (Fsp3) is 0.269. The van der Waals surface area contributed by atoms with E-state index < -0.39 is 30.0 Å². The first kappa shape index (κ1) is 27.7. The van der Waals surface area contributed by atoms with Gasteiger partial charge in [0.1, 0.15) is 11.7 Å². The Hall–Kier alpha value is -3.86. The van der Waals surface area contributed by atoms with E-state index in [9.17, 15) is 26.7 Å². The van der Waals surface area contributed by atoms with Gasteiger partial charge in [0, 0.05) is 24.6 Å². The van der Waals surface area contributed by atoms with Gasteiger partial charge in [-0.05, 0) is 38.1 Å². The number of methoxy groups -OCH3 is 1. The van der Waals surface area contributed by atoms with Crippen LogP contribution in [0.4, 0.5) is 27.6 Å². The summed E-state index contributed by atoms with van der Waals surface area (Å²) in [4.78, 5) is 24.6. The maximum Gasteiger partial charge on any atom is 0.417 e. The molecule has 3 aromatic rings. The molecule has 0 saturated heterocycles. The number of amides is 1. The van der Waals surface area contributed by atoms with E-state index in [1.165, 1.54) is 25.3 Å². The van der Waals surface area contributed by atoms with Gasteiger partial charge < -0.3 is 9.72 Å². The molecule has 1 aromatic carbocycles. The van der Waals surface area contributed by atoms with Crippen molar-refractivity contribution in [2.24, 2.45) is 0 Å².